The topological polar surface area (TPSA) is 68.5 Å². The molecule has 0 aliphatic carbocycles. The molecule has 1 aromatic rings. The zero-order chi connectivity index (χ0) is 15.3. The first-order valence-corrected chi connectivity index (χ1v) is 7.01. The average molecular weight is 302 g/mol. The van der Waals surface area contributed by atoms with E-state index in [1.54, 1.807) is 19.9 Å². The largest absolute Gasteiger partial charge is 0.464 e. The summed E-state index contributed by atoms with van der Waals surface area (Å²) >= 11 is 5.87. The van der Waals surface area contributed by atoms with E-state index in [0.717, 1.165) is 0 Å². The van der Waals surface area contributed by atoms with Crippen molar-refractivity contribution in [2.75, 3.05) is 6.61 Å². The highest BCUT2D eigenvalue weighted by Gasteiger charge is 2.27. The molecule has 0 bridgehead atoms. The summed E-state index contributed by atoms with van der Waals surface area (Å²) in [7, 11) is 0. The molecule has 0 saturated carbocycles. The number of halogens is 1. The van der Waals surface area contributed by atoms with Gasteiger partial charge in [-0.1, -0.05) is 13.8 Å². The number of amides is 1. The molecule has 0 saturated heterocycles. The van der Waals surface area contributed by atoms with Gasteiger partial charge in [0.05, 0.1) is 12.0 Å². The third-order valence-corrected chi connectivity index (χ3v) is 2.95. The Balaban J connectivity index is 2.77. The maximum Gasteiger partial charge on any atom is 0.328 e. The van der Waals surface area contributed by atoms with Crippen LogP contribution in [0.5, 0.6) is 0 Å². The molecule has 112 valence electrons. The van der Waals surface area contributed by atoms with Crippen molar-refractivity contribution >= 4 is 23.5 Å². The lowest BCUT2D eigenvalue weighted by Crippen LogP contribution is -2.45. The molecule has 1 amide bonds. The van der Waals surface area contributed by atoms with Crippen LogP contribution >= 0.6 is 11.6 Å². The van der Waals surface area contributed by atoms with E-state index in [1.165, 1.54) is 6.07 Å². The Morgan fingerprint density at radius 1 is 1.35 bits per heavy atom. The molecular formula is C14H20ClNO4. The van der Waals surface area contributed by atoms with Crippen molar-refractivity contribution < 1.29 is 18.7 Å². The summed E-state index contributed by atoms with van der Waals surface area (Å²) in [6, 6.07) is 2.47. The molecule has 0 radical (unpaired) electrons. The average Bonchev–Trinajstić information content (AvgIpc) is 2.85. The zero-order valence-electron chi connectivity index (χ0n) is 12.1. The number of nitrogens with one attached hydrogen (secondary N) is 1. The first kappa shape index (κ1) is 16.6. The molecular weight excluding hydrogens is 282 g/mol. The normalized spacial score (nSPS) is 13.9. The molecule has 6 heteroatoms. The van der Waals surface area contributed by atoms with Gasteiger partial charge < -0.3 is 14.5 Å². The lowest BCUT2D eigenvalue weighted by atomic mass is 10.0. The number of alkyl halides is 1. The van der Waals surface area contributed by atoms with Crippen LogP contribution < -0.4 is 5.32 Å². The fourth-order valence-corrected chi connectivity index (χ4v) is 1.75. The first-order valence-electron chi connectivity index (χ1n) is 6.58. The van der Waals surface area contributed by atoms with Crippen LogP contribution in [0, 0.1) is 5.92 Å². The zero-order valence-corrected chi connectivity index (χ0v) is 12.9. The Hall–Kier alpha value is -1.49. The second-order valence-electron chi connectivity index (χ2n) is 4.77. The maximum absolute atomic E-state index is 12.0. The van der Waals surface area contributed by atoms with Crippen LogP contribution in [0.4, 0.5) is 0 Å². The van der Waals surface area contributed by atoms with Crippen LogP contribution in [0.15, 0.2) is 16.5 Å². The van der Waals surface area contributed by atoms with Crippen molar-refractivity contribution in [2.24, 2.45) is 5.92 Å². The summed E-state index contributed by atoms with van der Waals surface area (Å²) in [5.41, 5.74) is 0. The Kier molecular flexibility index (Phi) is 6.07. The second-order valence-corrected chi connectivity index (χ2v) is 5.42. The Bertz CT molecular complexity index is 467. The summed E-state index contributed by atoms with van der Waals surface area (Å²) < 4.78 is 10.3. The van der Waals surface area contributed by atoms with Crippen molar-refractivity contribution in [1.29, 1.82) is 0 Å². The van der Waals surface area contributed by atoms with E-state index in [-0.39, 0.29) is 23.7 Å². The molecule has 0 aliphatic heterocycles. The van der Waals surface area contributed by atoms with Crippen LogP contribution in [0.2, 0.25) is 0 Å². The molecule has 2 atom stereocenters. The van der Waals surface area contributed by atoms with E-state index in [1.807, 2.05) is 13.8 Å². The van der Waals surface area contributed by atoms with Gasteiger partial charge in [0.1, 0.15) is 11.8 Å². The van der Waals surface area contributed by atoms with Crippen LogP contribution in [0.1, 0.15) is 49.4 Å². The summed E-state index contributed by atoms with van der Waals surface area (Å²) in [5, 5.41) is 2.30. The fourth-order valence-electron chi connectivity index (χ4n) is 1.63. The van der Waals surface area contributed by atoms with Gasteiger partial charge in [-0.3, -0.25) is 4.79 Å². The summed E-state index contributed by atoms with van der Waals surface area (Å²) in [5.74, 6) is -0.357. The molecule has 0 fully saturated rings. The molecule has 2 unspecified atom stereocenters. The SMILES string of the molecule is CCOC(=O)C(NC(=O)c1ccc(C(C)Cl)o1)C(C)C. The Morgan fingerprint density at radius 3 is 2.45 bits per heavy atom. The summed E-state index contributed by atoms with van der Waals surface area (Å²) in [6.45, 7) is 7.40. The third-order valence-electron chi connectivity index (χ3n) is 2.74. The molecule has 5 nitrogen and oxygen atoms in total. The summed E-state index contributed by atoms with van der Waals surface area (Å²) in [4.78, 5) is 23.8. The van der Waals surface area contributed by atoms with E-state index in [4.69, 9.17) is 20.8 Å². The van der Waals surface area contributed by atoms with Crippen LogP contribution in [0.3, 0.4) is 0 Å². The predicted molar refractivity (Wildman–Crippen MR) is 75.7 cm³/mol. The van der Waals surface area contributed by atoms with Crippen LogP contribution in [0.25, 0.3) is 0 Å². The highest BCUT2D eigenvalue weighted by molar-refractivity contribution is 6.20. The standard InChI is InChI=1S/C14H20ClNO4/c1-5-19-14(18)12(8(2)3)16-13(17)11-7-6-10(20-11)9(4)15/h6-9,12H,5H2,1-4H3,(H,16,17). The molecule has 1 N–H and O–H groups in total. The van der Waals surface area contributed by atoms with Crippen molar-refractivity contribution in [2.45, 2.75) is 39.1 Å². The number of furan rings is 1. The summed E-state index contributed by atoms with van der Waals surface area (Å²) in [6.07, 6.45) is 0. The van der Waals surface area contributed by atoms with E-state index >= 15 is 0 Å². The first-order chi connectivity index (χ1) is 9.36. The van der Waals surface area contributed by atoms with Gasteiger partial charge in [-0.05, 0) is 31.9 Å². The number of carbonyl (C=O) groups is 2. The highest BCUT2D eigenvalue weighted by atomic mass is 35.5. The van der Waals surface area contributed by atoms with Crippen molar-refractivity contribution in [3.05, 3.63) is 23.7 Å². The number of esters is 1. The molecule has 0 aromatic carbocycles. The van der Waals surface area contributed by atoms with E-state index in [9.17, 15) is 9.59 Å². The maximum atomic E-state index is 12.0. The van der Waals surface area contributed by atoms with Gasteiger partial charge in [-0.25, -0.2) is 4.79 Å². The van der Waals surface area contributed by atoms with Crippen molar-refractivity contribution in [3.8, 4) is 0 Å². The molecule has 20 heavy (non-hydrogen) atoms. The predicted octanol–water partition coefficient (Wildman–Crippen LogP) is 2.90. The van der Waals surface area contributed by atoms with Gasteiger partial charge in [0, 0.05) is 0 Å². The number of rotatable bonds is 6. The quantitative estimate of drug-likeness (QED) is 0.648. The number of hydrogen-bond donors (Lipinski definition) is 1. The molecule has 0 spiro atoms. The number of carbonyl (C=O) groups excluding carboxylic acids is 2. The Morgan fingerprint density at radius 2 is 2.00 bits per heavy atom. The molecule has 0 aliphatic rings. The van der Waals surface area contributed by atoms with Gasteiger partial charge >= 0.3 is 5.97 Å². The van der Waals surface area contributed by atoms with Crippen molar-refractivity contribution in [1.82, 2.24) is 5.32 Å². The third kappa shape index (κ3) is 4.27. The monoisotopic (exact) mass is 301 g/mol. The second kappa shape index (κ2) is 7.33. The molecule has 1 aromatic heterocycles. The Labute approximate surface area is 123 Å². The lowest BCUT2D eigenvalue weighted by molar-refractivity contribution is -0.146. The van der Waals surface area contributed by atoms with Crippen molar-refractivity contribution in [3.63, 3.8) is 0 Å². The molecule has 1 heterocycles. The minimum Gasteiger partial charge on any atom is -0.464 e. The number of hydrogen-bond acceptors (Lipinski definition) is 4. The van der Waals surface area contributed by atoms with E-state index in [0.29, 0.717) is 5.76 Å². The fraction of sp³-hybridized carbons (Fsp3) is 0.571. The van der Waals surface area contributed by atoms with Gasteiger partial charge in [0.15, 0.2) is 5.76 Å². The highest BCUT2D eigenvalue weighted by Crippen LogP contribution is 2.21. The van der Waals surface area contributed by atoms with E-state index in [2.05, 4.69) is 5.32 Å². The van der Waals surface area contributed by atoms with Crippen LogP contribution in [-0.4, -0.2) is 24.5 Å². The van der Waals surface area contributed by atoms with Gasteiger partial charge in [0.25, 0.3) is 5.91 Å². The smallest absolute Gasteiger partial charge is 0.328 e. The minimum absolute atomic E-state index is 0.0839. The van der Waals surface area contributed by atoms with Gasteiger partial charge in [0.2, 0.25) is 0 Å². The lowest BCUT2D eigenvalue weighted by Gasteiger charge is -2.19. The van der Waals surface area contributed by atoms with Gasteiger partial charge in [-0.2, -0.15) is 0 Å². The minimum atomic E-state index is -0.704. The molecule has 1 rings (SSSR count). The van der Waals surface area contributed by atoms with Crippen LogP contribution in [-0.2, 0) is 9.53 Å². The van der Waals surface area contributed by atoms with E-state index < -0.39 is 17.9 Å². The number of ether oxygens (including phenoxy) is 1. The van der Waals surface area contributed by atoms with Gasteiger partial charge in [-0.15, -0.1) is 11.6 Å².